The Labute approximate surface area is 67.8 Å². The van der Waals surface area contributed by atoms with Crippen molar-refractivity contribution in [1.82, 2.24) is 4.98 Å². The van der Waals surface area contributed by atoms with Crippen molar-refractivity contribution in [3.05, 3.63) is 35.7 Å². The highest BCUT2D eigenvalue weighted by Crippen LogP contribution is 2.07. The highest BCUT2D eigenvalue weighted by molar-refractivity contribution is 5.51. The molecule has 11 heavy (non-hydrogen) atoms. The molecule has 0 aromatic carbocycles. The van der Waals surface area contributed by atoms with Gasteiger partial charge < -0.3 is 0 Å². The van der Waals surface area contributed by atoms with Crippen LogP contribution < -0.4 is 0 Å². The predicted molar refractivity (Wildman–Crippen MR) is 48.3 cm³/mol. The van der Waals surface area contributed by atoms with Gasteiger partial charge in [0.1, 0.15) is 0 Å². The number of nitrogens with zero attached hydrogens (tertiary/aromatic N) is 1. The molecule has 0 spiro atoms. The molecule has 1 heteroatoms. The lowest BCUT2D eigenvalue weighted by molar-refractivity contribution is 1.03. The molecular formula is C10H13N. The summed E-state index contributed by atoms with van der Waals surface area (Å²) in [5, 5.41) is 0. The maximum absolute atomic E-state index is 4.26. The van der Waals surface area contributed by atoms with E-state index in [1.165, 1.54) is 11.3 Å². The fourth-order valence-corrected chi connectivity index (χ4v) is 1.08. The molecule has 0 N–H and O–H groups in total. The zero-order valence-electron chi connectivity index (χ0n) is 7.04. The van der Waals surface area contributed by atoms with Crippen LogP contribution in [0.3, 0.4) is 0 Å². The van der Waals surface area contributed by atoms with Crippen molar-refractivity contribution in [3.8, 4) is 0 Å². The zero-order valence-corrected chi connectivity index (χ0v) is 7.04. The van der Waals surface area contributed by atoms with Gasteiger partial charge in [-0.3, -0.25) is 4.98 Å². The molecule has 1 heterocycles. The Morgan fingerprint density at radius 3 is 3.00 bits per heavy atom. The number of hydrogen-bond donors (Lipinski definition) is 0. The summed E-state index contributed by atoms with van der Waals surface area (Å²) in [6, 6.07) is 4.06. The second kappa shape index (κ2) is 3.91. The van der Waals surface area contributed by atoms with E-state index in [2.05, 4.69) is 24.1 Å². The average Bonchev–Trinajstić information content (AvgIpc) is 2.06. The summed E-state index contributed by atoms with van der Waals surface area (Å²) in [7, 11) is 0. The van der Waals surface area contributed by atoms with Crippen molar-refractivity contribution in [1.29, 1.82) is 0 Å². The van der Waals surface area contributed by atoms with Crippen LogP contribution in [-0.4, -0.2) is 4.98 Å². The zero-order chi connectivity index (χ0) is 8.10. The fraction of sp³-hybridized carbons (Fsp3) is 0.300. The monoisotopic (exact) mass is 147 g/mol. The van der Waals surface area contributed by atoms with Gasteiger partial charge in [-0.2, -0.15) is 0 Å². The van der Waals surface area contributed by atoms with Crippen LogP contribution >= 0.6 is 0 Å². The van der Waals surface area contributed by atoms with Crippen molar-refractivity contribution in [2.75, 3.05) is 0 Å². The molecule has 1 aromatic rings. The van der Waals surface area contributed by atoms with Gasteiger partial charge in [0, 0.05) is 11.9 Å². The summed E-state index contributed by atoms with van der Waals surface area (Å²) >= 11 is 0. The molecule has 0 saturated carbocycles. The molecule has 0 radical (unpaired) electrons. The lowest BCUT2D eigenvalue weighted by atomic mass is 10.1. The van der Waals surface area contributed by atoms with Crippen molar-refractivity contribution >= 4 is 6.08 Å². The van der Waals surface area contributed by atoms with Gasteiger partial charge in [-0.15, -0.1) is 0 Å². The Balaban J connectivity index is 3.02. The average molecular weight is 147 g/mol. The first-order valence-electron chi connectivity index (χ1n) is 3.95. The van der Waals surface area contributed by atoms with Crippen molar-refractivity contribution < 1.29 is 0 Å². The van der Waals surface area contributed by atoms with Gasteiger partial charge in [0.2, 0.25) is 0 Å². The smallest absolute Gasteiger partial charge is 0.0472 e. The molecule has 0 bridgehead atoms. The molecule has 0 amide bonds. The summed E-state index contributed by atoms with van der Waals surface area (Å²) in [4.78, 5) is 4.26. The quantitative estimate of drug-likeness (QED) is 0.626. The minimum atomic E-state index is 1.00. The second-order valence-electron chi connectivity index (χ2n) is 2.39. The van der Waals surface area contributed by atoms with E-state index in [1.807, 2.05) is 25.3 Å². The van der Waals surface area contributed by atoms with E-state index in [0.717, 1.165) is 6.42 Å². The Kier molecular flexibility index (Phi) is 2.84. The lowest BCUT2D eigenvalue weighted by Crippen LogP contribution is -1.89. The number of aryl methyl sites for hydroxylation is 1. The summed E-state index contributed by atoms with van der Waals surface area (Å²) in [6.07, 6.45) is 6.97. The van der Waals surface area contributed by atoms with Crippen molar-refractivity contribution in [3.63, 3.8) is 0 Å². The molecule has 0 aliphatic rings. The van der Waals surface area contributed by atoms with Crippen LogP contribution in [0.2, 0.25) is 0 Å². The molecule has 1 aromatic heterocycles. The van der Waals surface area contributed by atoms with Crippen LogP contribution in [0, 0.1) is 0 Å². The van der Waals surface area contributed by atoms with Gasteiger partial charge in [-0.1, -0.05) is 25.1 Å². The Bertz CT molecular complexity index is 251. The van der Waals surface area contributed by atoms with Gasteiger partial charge in [0.05, 0.1) is 0 Å². The van der Waals surface area contributed by atoms with Crippen molar-refractivity contribution in [2.24, 2.45) is 0 Å². The maximum atomic E-state index is 4.26. The van der Waals surface area contributed by atoms with Gasteiger partial charge in [0.25, 0.3) is 0 Å². The third kappa shape index (κ3) is 1.90. The van der Waals surface area contributed by atoms with E-state index in [0.29, 0.717) is 0 Å². The molecule has 0 unspecified atom stereocenters. The first-order valence-corrected chi connectivity index (χ1v) is 3.95. The SMILES string of the molecule is C/C=C\c1cccnc1CC. The Hall–Kier alpha value is -1.11. The van der Waals surface area contributed by atoms with E-state index in [4.69, 9.17) is 0 Å². The second-order valence-corrected chi connectivity index (χ2v) is 2.39. The molecular weight excluding hydrogens is 134 g/mol. The van der Waals surface area contributed by atoms with E-state index < -0.39 is 0 Å². The van der Waals surface area contributed by atoms with Crippen molar-refractivity contribution in [2.45, 2.75) is 20.3 Å². The summed E-state index contributed by atoms with van der Waals surface area (Å²) in [5.41, 5.74) is 2.41. The standard InChI is InChI=1S/C10H13N/c1-3-6-9-7-5-8-11-10(9)4-2/h3,5-8H,4H2,1-2H3/b6-3-. The van der Waals surface area contributed by atoms with Gasteiger partial charge in [-0.25, -0.2) is 0 Å². The maximum Gasteiger partial charge on any atom is 0.0472 e. The van der Waals surface area contributed by atoms with E-state index in [1.54, 1.807) is 0 Å². The third-order valence-electron chi connectivity index (χ3n) is 1.61. The molecule has 58 valence electrons. The minimum Gasteiger partial charge on any atom is -0.261 e. The van der Waals surface area contributed by atoms with Gasteiger partial charge in [-0.05, 0) is 25.0 Å². The highest BCUT2D eigenvalue weighted by Gasteiger charge is 1.94. The summed E-state index contributed by atoms with van der Waals surface area (Å²) < 4.78 is 0. The Morgan fingerprint density at radius 2 is 2.36 bits per heavy atom. The molecule has 1 rings (SSSR count). The van der Waals surface area contributed by atoms with Crippen LogP contribution in [0.5, 0.6) is 0 Å². The lowest BCUT2D eigenvalue weighted by Gasteiger charge is -1.99. The Morgan fingerprint density at radius 1 is 1.55 bits per heavy atom. The topological polar surface area (TPSA) is 12.9 Å². The number of allylic oxidation sites excluding steroid dienone is 1. The van der Waals surface area contributed by atoms with E-state index >= 15 is 0 Å². The molecule has 1 nitrogen and oxygen atoms in total. The highest BCUT2D eigenvalue weighted by atomic mass is 14.7. The molecule has 0 fully saturated rings. The van der Waals surface area contributed by atoms with Crippen LogP contribution in [0.25, 0.3) is 6.08 Å². The van der Waals surface area contributed by atoms with Crippen LogP contribution in [0.15, 0.2) is 24.4 Å². The van der Waals surface area contributed by atoms with E-state index in [9.17, 15) is 0 Å². The van der Waals surface area contributed by atoms with Crippen LogP contribution in [0.1, 0.15) is 25.1 Å². The molecule has 0 saturated heterocycles. The minimum absolute atomic E-state index is 1.00. The predicted octanol–water partition coefficient (Wildman–Crippen LogP) is 2.68. The van der Waals surface area contributed by atoms with Gasteiger partial charge >= 0.3 is 0 Å². The number of aromatic nitrogens is 1. The number of hydrogen-bond acceptors (Lipinski definition) is 1. The largest absolute Gasteiger partial charge is 0.261 e. The summed E-state index contributed by atoms with van der Waals surface area (Å²) in [5.74, 6) is 0. The van der Waals surface area contributed by atoms with Gasteiger partial charge in [0.15, 0.2) is 0 Å². The number of pyridine rings is 1. The number of rotatable bonds is 2. The first-order chi connectivity index (χ1) is 5.38. The molecule has 0 aliphatic heterocycles. The van der Waals surface area contributed by atoms with Crippen LogP contribution in [0.4, 0.5) is 0 Å². The first kappa shape index (κ1) is 7.99. The third-order valence-corrected chi connectivity index (χ3v) is 1.61. The summed E-state index contributed by atoms with van der Waals surface area (Å²) in [6.45, 7) is 4.14. The fourth-order valence-electron chi connectivity index (χ4n) is 1.08. The molecule has 0 aliphatic carbocycles. The van der Waals surface area contributed by atoms with Crippen LogP contribution in [-0.2, 0) is 6.42 Å². The van der Waals surface area contributed by atoms with E-state index in [-0.39, 0.29) is 0 Å². The molecule has 0 atom stereocenters. The normalized spacial score (nSPS) is 10.7.